The zero-order chi connectivity index (χ0) is 18.1. The molecule has 0 aliphatic heterocycles. The van der Waals surface area contributed by atoms with Crippen LogP contribution in [0.2, 0.25) is 0 Å². The van der Waals surface area contributed by atoms with Gasteiger partial charge in [0.05, 0.1) is 14.2 Å². The number of nitrogens with one attached hydrogen (secondary N) is 1. The minimum Gasteiger partial charge on any atom is -0.497 e. The van der Waals surface area contributed by atoms with Crippen LogP contribution in [0, 0.1) is 0 Å². The van der Waals surface area contributed by atoms with Crippen molar-refractivity contribution < 1.29 is 14.3 Å². The molecule has 0 fully saturated rings. The molecular weight excluding hydrogens is 326 g/mol. The molecule has 0 unspecified atom stereocenters. The Hall–Kier alpha value is -3.01. The van der Waals surface area contributed by atoms with Crippen LogP contribution in [0.5, 0.6) is 11.5 Å². The Bertz CT molecular complexity index is 984. The van der Waals surface area contributed by atoms with E-state index in [0.29, 0.717) is 6.54 Å². The van der Waals surface area contributed by atoms with Gasteiger partial charge in [0, 0.05) is 17.7 Å². The Morgan fingerprint density at radius 1 is 1.00 bits per heavy atom. The number of hydrogen-bond donors (Lipinski definition) is 1. The molecule has 3 aromatic carbocycles. The second kappa shape index (κ2) is 6.71. The third kappa shape index (κ3) is 2.77. The Morgan fingerprint density at radius 3 is 2.58 bits per heavy atom. The number of benzene rings is 3. The van der Waals surface area contributed by atoms with E-state index in [9.17, 15) is 4.79 Å². The summed E-state index contributed by atoms with van der Waals surface area (Å²) >= 11 is 0. The van der Waals surface area contributed by atoms with Crippen LogP contribution < -0.4 is 14.8 Å². The highest BCUT2D eigenvalue weighted by Gasteiger charge is 2.18. The first-order valence-corrected chi connectivity index (χ1v) is 8.74. The lowest BCUT2D eigenvalue weighted by atomic mass is 9.99. The lowest BCUT2D eigenvalue weighted by molar-refractivity contribution is 0.0952. The number of ether oxygens (including phenoxy) is 2. The normalized spacial score (nSPS) is 12.2. The largest absolute Gasteiger partial charge is 0.497 e. The molecule has 0 spiro atoms. The van der Waals surface area contributed by atoms with Crippen LogP contribution in [0.1, 0.15) is 27.0 Å². The van der Waals surface area contributed by atoms with Crippen molar-refractivity contribution in [1.29, 1.82) is 0 Å². The van der Waals surface area contributed by atoms with Gasteiger partial charge in [-0.25, -0.2) is 0 Å². The number of carbonyl (C=O) groups is 1. The van der Waals surface area contributed by atoms with Crippen molar-refractivity contribution in [3.8, 4) is 11.5 Å². The first-order valence-electron chi connectivity index (χ1n) is 8.74. The van der Waals surface area contributed by atoms with Crippen molar-refractivity contribution in [2.24, 2.45) is 0 Å². The predicted molar refractivity (Wildman–Crippen MR) is 102 cm³/mol. The van der Waals surface area contributed by atoms with Crippen LogP contribution in [-0.4, -0.2) is 20.1 Å². The molecule has 1 N–H and O–H groups in total. The highest BCUT2D eigenvalue weighted by Crippen LogP contribution is 2.33. The number of carbonyl (C=O) groups excluding carboxylic acids is 1. The number of aryl methyl sites for hydroxylation is 2. The molecule has 4 heteroatoms. The van der Waals surface area contributed by atoms with Crippen LogP contribution >= 0.6 is 0 Å². The summed E-state index contributed by atoms with van der Waals surface area (Å²) < 4.78 is 10.7. The molecule has 132 valence electrons. The highest BCUT2D eigenvalue weighted by atomic mass is 16.5. The Kier molecular flexibility index (Phi) is 4.25. The van der Waals surface area contributed by atoms with Crippen molar-refractivity contribution in [3.05, 3.63) is 70.8 Å². The van der Waals surface area contributed by atoms with E-state index in [0.717, 1.165) is 40.9 Å². The zero-order valence-electron chi connectivity index (χ0n) is 15.0. The van der Waals surface area contributed by atoms with Crippen molar-refractivity contribution in [1.82, 2.24) is 5.32 Å². The fourth-order valence-electron chi connectivity index (χ4n) is 3.74. The molecule has 0 bridgehead atoms. The maximum absolute atomic E-state index is 12.8. The lowest BCUT2D eigenvalue weighted by Gasteiger charge is -2.13. The van der Waals surface area contributed by atoms with E-state index >= 15 is 0 Å². The second-order valence-electron chi connectivity index (χ2n) is 6.47. The minimum atomic E-state index is -0.0783. The fourth-order valence-corrected chi connectivity index (χ4v) is 3.74. The molecule has 4 nitrogen and oxygen atoms in total. The van der Waals surface area contributed by atoms with Gasteiger partial charge in [0.15, 0.2) is 0 Å². The predicted octanol–water partition coefficient (Wildman–Crippen LogP) is 3.89. The van der Waals surface area contributed by atoms with Gasteiger partial charge in [0.1, 0.15) is 11.5 Å². The molecule has 0 saturated heterocycles. The summed E-state index contributed by atoms with van der Waals surface area (Å²) in [6.07, 6.45) is 2.11. The number of rotatable bonds is 5. The molecule has 0 radical (unpaired) electrons. The van der Waals surface area contributed by atoms with Crippen molar-refractivity contribution in [2.45, 2.75) is 19.4 Å². The summed E-state index contributed by atoms with van der Waals surface area (Å²) in [6, 6.07) is 15.8. The molecule has 0 aromatic heterocycles. The highest BCUT2D eigenvalue weighted by molar-refractivity contribution is 6.09. The quantitative estimate of drug-likeness (QED) is 0.762. The summed E-state index contributed by atoms with van der Waals surface area (Å²) in [7, 11) is 3.24. The number of amides is 1. The summed E-state index contributed by atoms with van der Waals surface area (Å²) in [5.41, 5.74) is 4.27. The number of methoxy groups -OCH3 is 2. The third-order valence-corrected chi connectivity index (χ3v) is 5.05. The minimum absolute atomic E-state index is 0.0783. The maximum atomic E-state index is 12.8. The lowest BCUT2D eigenvalue weighted by Crippen LogP contribution is -2.23. The SMILES string of the molecule is COc1ccc(OC)c(CNC(=O)c2ccc3c4c(cccc24)CC3)c1. The molecule has 26 heavy (non-hydrogen) atoms. The Labute approximate surface area is 152 Å². The summed E-state index contributed by atoms with van der Waals surface area (Å²) in [4.78, 5) is 12.8. The smallest absolute Gasteiger partial charge is 0.252 e. The van der Waals surface area contributed by atoms with Gasteiger partial charge in [-0.15, -0.1) is 0 Å². The second-order valence-corrected chi connectivity index (χ2v) is 6.47. The maximum Gasteiger partial charge on any atom is 0.252 e. The Morgan fingerprint density at radius 2 is 1.81 bits per heavy atom. The van der Waals surface area contributed by atoms with Gasteiger partial charge < -0.3 is 14.8 Å². The van der Waals surface area contributed by atoms with Gasteiger partial charge in [-0.2, -0.15) is 0 Å². The van der Waals surface area contributed by atoms with E-state index in [1.165, 1.54) is 16.5 Å². The average molecular weight is 347 g/mol. The summed E-state index contributed by atoms with van der Waals surface area (Å²) in [5.74, 6) is 1.39. The Balaban J connectivity index is 1.62. The van der Waals surface area contributed by atoms with Crippen molar-refractivity contribution in [3.63, 3.8) is 0 Å². The van der Waals surface area contributed by atoms with Crippen molar-refractivity contribution in [2.75, 3.05) is 14.2 Å². The van der Waals surface area contributed by atoms with E-state index in [1.54, 1.807) is 14.2 Å². The van der Waals surface area contributed by atoms with E-state index in [2.05, 4.69) is 17.4 Å². The molecular formula is C22H21NO3. The first-order chi connectivity index (χ1) is 12.7. The van der Waals surface area contributed by atoms with Crippen LogP contribution in [0.3, 0.4) is 0 Å². The van der Waals surface area contributed by atoms with Crippen LogP contribution in [0.15, 0.2) is 48.5 Å². The van der Waals surface area contributed by atoms with Crippen LogP contribution in [0.25, 0.3) is 10.8 Å². The van der Waals surface area contributed by atoms with Crippen molar-refractivity contribution >= 4 is 16.7 Å². The molecule has 3 aromatic rings. The van der Waals surface area contributed by atoms with E-state index in [-0.39, 0.29) is 5.91 Å². The number of hydrogen-bond acceptors (Lipinski definition) is 3. The fraction of sp³-hybridized carbons (Fsp3) is 0.227. The zero-order valence-corrected chi connectivity index (χ0v) is 15.0. The third-order valence-electron chi connectivity index (χ3n) is 5.05. The monoisotopic (exact) mass is 347 g/mol. The van der Waals surface area contributed by atoms with Crippen LogP contribution in [0.4, 0.5) is 0 Å². The molecule has 0 heterocycles. The molecule has 1 aliphatic rings. The van der Waals surface area contributed by atoms with E-state index < -0.39 is 0 Å². The van der Waals surface area contributed by atoms with Gasteiger partial charge in [0.25, 0.3) is 5.91 Å². The molecule has 4 rings (SSSR count). The van der Waals surface area contributed by atoms with Crippen LogP contribution in [-0.2, 0) is 19.4 Å². The van der Waals surface area contributed by atoms with E-state index in [4.69, 9.17) is 9.47 Å². The average Bonchev–Trinajstić information content (AvgIpc) is 3.11. The molecule has 0 saturated carbocycles. The molecule has 1 aliphatic carbocycles. The summed E-state index contributed by atoms with van der Waals surface area (Å²) in [5, 5.41) is 5.30. The standard InChI is InChI=1S/C22H21NO3/c1-25-17-9-11-20(26-2)16(12-17)13-23-22(24)19-10-8-15-7-6-14-4-3-5-18(19)21(14)15/h3-5,8-12H,6-7,13H2,1-2H3,(H,23,24). The first kappa shape index (κ1) is 16.5. The van der Waals surface area contributed by atoms with Gasteiger partial charge >= 0.3 is 0 Å². The van der Waals surface area contributed by atoms with Gasteiger partial charge in [0.2, 0.25) is 0 Å². The van der Waals surface area contributed by atoms with E-state index in [1.807, 2.05) is 36.4 Å². The van der Waals surface area contributed by atoms with Gasteiger partial charge in [-0.05, 0) is 59.0 Å². The summed E-state index contributed by atoms with van der Waals surface area (Å²) in [6.45, 7) is 0.377. The topological polar surface area (TPSA) is 47.6 Å². The molecule has 1 amide bonds. The molecule has 0 atom stereocenters. The van der Waals surface area contributed by atoms with Gasteiger partial charge in [-0.3, -0.25) is 4.79 Å². The van der Waals surface area contributed by atoms with Gasteiger partial charge in [-0.1, -0.05) is 24.3 Å².